The molecule has 6 heterocycles. The quantitative estimate of drug-likeness (QED) is 0.174. The summed E-state index contributed by atoms with van der Waals surface area (Å²) < 4.78 is 12.9. The fraction of sp³-hybridized carbons (Fsp3) is 0.105. The van der Waals surface area contributed by atoms with E-state index < -0.39 is 0 Å². The smallest absolute Gasteiger partial charge is 0.225 e. The Morgan fingerprint density at radius 1 is 0.543 bits per heavy atom. The molecule has 0 saturated carbocycles. The Labute approximate surface area is 281 Å². The van der Waals surface area contributed by atoms with Gasteiger partial charge in [0.05, 0.1) is 9.75 Å². The van der Waals surface area contributed by atoms with Crippen LogP contribution in [0, 0.1) is 27.7 Å². The van der Waals surface area contributed by atoms with Crippen molar-refractivity contribution in [3.8, 4) is 31.7 Å². The van der Waals surface area contributed by atoms with E-state index in [2.05, 4.69) is 63.2 Å². The van der Waals surface area contributed by atoms with Gasteiger partial charge in [-0.15, -0.1) is 22.7 Å². The Bertz CT molecular complexity index is 2460. The topological polar surface area (TPSA) is 60.4 Å². The Balaban J connectivity index is 1.07. The molecule has 2 aliphatic rings. The first-order chi connectivity index (χ1) is 22.2. The third-order valence-corrected chi connectivity index (χ3v) is 12.8. The number of carbonyl (C=O) groups is 2. The first-order valence-electron chi connectivity index (χ1n) is 14.8. The standard InChI is InChI=1S/C38H24O4S4/c1-17-5-8-22-31(13-17)45-37(39)33(22)34-23-9-7-21(14-32(23)46-38(34)40)28-11-12-30(44-28)27-16-25-20(4)35-24(19(3)36(25)42-27)15-26(41-35)29-10-6-18(2)43-29/h5-16H,1-4H3/b34-33+. The molecule has 7 aromatic rings. The summed E-state index contributed by atoms with van der Waals surface area (Å²) in [5.41, 5.74) is 8.80. The van der Waals surface area contributed by atoms with Gasteiger partial charge in [0.1, 0.15) is 22.7 Å². The monoisotopic (exact) mass is 672 g/mol. The van der Waals surface area contributed by atoms with Gasteiger partial charge in [0, 0.05) is 63.7 Å². The van der Waals surface area contributed by atoms with Crippen LogP contribution in [0.5, 0.6) is 0 Å². The van der Waals surface area contributed by atoms with Crippen LogP contribution in [0.3, 0.4) is 0 Å². The zero-order valence-corrected chi connectivity index (χ0v) is 28.5. The van der Waals surface area contributed by atoms with Gasteiger partial charge >= 0.3 is 0 Å². The minimum Gasteiger partial charge on any atom is -0.455 e. The van der Waals surface area contributed by atoms with Gasteiger partial charge in [-0.3, -0.25) is 9.59 Å². The van der Waals surface area contributed by atoms with Gasteiger partial charge in [0.2, 0.25) is 10.2 Å². The molecule has 0 N–H and O–H groups in total. The number of carbonyl (C=O) groups excluding carboxylic acids is 2. The van der Waals surface area contributed by atoms with E-state index >= 15 is 0 Å². The van der Waals surface area contributed by atoms with Crippen LogP contribution in [0.1, 0.15) is 32.7 Å². The van der Waals surface area contributed by atoms with Crippen molar-refractivity contribution in [1.29, 1.82) is 0 Å². The van der Waals surface area contributed by atoms with Crippen molar-refractivity contribution in [2.45, 2.75) is 37.5 Å². The number of aryl methyl sites for hydroxylation is 4. The largest absolute Gasteiger partial charge is 0.455 e. The summed E-state index contributed by atoms with van der Waals surface area (Å²) in [5.74, 6) is 1.71. The molecule has 0 unspecified atom stereocenters. The molecule has 0 spiro atoms. The molecule has 0 fully saturated rings. The lowest BCUT2D eigenvalue weighted by Gasteiger charge is -2.06. The van der Waals surface area contributed by atoms with Crippen LogP contribution < -0.4 is 0 Å². The second kappa shape index (κ2) is 10.2. The fourth-order valence-electron chi connectivity index (χ4n) is 6.46. The molecule has 4 nitrogen and oxygen atoms in total. The first kappa shape index (κ1) is 28.2. The zero-order chi connectivity index (χ0) is 31.4. The third-order valence-electron chi connectivity index (χ3n) is 8.79. The number of rotatable bonds is 3. The Morgan fingerprint density at radius 3 is 1.70 bits per heavy atom. The summed E-state index contributed by atoms with van der Waals surface area (Å²) in [5, 5.41) is 2.00. The second-order valence-corrected chi connectivity index (χ2v) is 16.2. The van der Waals surface area contributed by atoms with Crippen molar-refractivity contribution in [3.63, 3.8) is 0 Å². The molecule has 0 bridgehead atoms. The van der Waals surface area contributed by atoms with E-state index in [-0.39, 0.29) is 10.2 Å². The predicted molar refractivity (Wildman–Crippen MR) is 192 cm³/mol. The molecule has 224 valence electrons. The predicted octanol–water partition coefficient (Wildman–Crippen LogP) is 11.7. The highest BCUT2D eigenvalue weighted by Crippen LogP contribution is 2.51. The number of benzene rings is 3. The summed E-state index contributed by atoms with van der Waals surface area (Å²) in [6, 6.07) is 24.8. The van der Waals surface area contributed by atoms with E-state index in [4.69, 9.17) is 8.83 Å². The van der Waals surface area contributed by atoms with Crippen LogP contribution in [0.2, 0.25) is 0 Å². The van der Waals surface area contributed by atoms with Crippen molar-refractivity contribution < 1.29 is 18.4 Å². The average molecular weight is 673 g/mol. The van der Waals surface area contributed by atoms with Gasteiger partial charge in [-0.1, -0.05) is 24.3 Å². The average Bonchev–Trinajstić information content (AvgIpc) is 3.87. The van der Waals surface area contributed by atoms with E-state index in [1.54, 1.807) is 22.7 Å². The van der Waals surface area contributed by atoms with Crippen LogP contribution in [-0.4, -0.2) is 10.2 Å². The molecule has 3 aromatic carbocycles. The number of hydrogen-bond acceptors (Lipinski definition) is 8. The van der Waals surface area contributed by atoms with Gasteiger partial charge in [0.15, 0.2) is 0 Å². The highest BCUT2D eigenvalue weighted by molar-refractivity contribution is 8.16. The maximum atomic E-state index is 13.3. The van der Waals surface area contributed by atoms with E-state index in [0.29, 0.717) is 11.1 Å². The number of furan rings is 2. The van der Waals surface area contributed by atoms with Crippen LogP contribution in [0.4, 0.5) is 0 Å². The molecular weight excluding hydrogens is 649 g/mol. The highest BCUT2D eigenvalue weighted by Gasteiger charge is 2.36. The molecule has 0 amide bonds. The van der Waals surface area contributed by atoms with E-state index in [1.807, 2.05) is 37.3 Å². The highest BCUT2D eigenvalue weighted by atomic mass is 32.2. The first-order valence-corrected chi connectivity index (χ1v) is 18.1. The summed E-state index contributed by atoms with van der Waals surface area (Å²) in [6.45, 7) is 8.31. The molecule has 0 aliphatic carbocycles. The summed E-state index contributed by atoms with van der Waals surface area (Å²) in [4.78, 5) is 32.7. The number of fused-ring (bicyclic) bond motifs is 4. The van der Waals surface area contributed by atoms with E-state index in [0.717, 1.165) is 91.3 Å². The normalized spacial score (nSPS) is 15.9. The zero-order valence-electron chi connectivity index (χ0n) is 25.2. The van der Waals surface area contributed by atoms with Crippen LogP contribution in [-0.2, 0) is 9.59 Å². The molecular formula is C38H24O4S4. The van der Waals surface area contributed by atoms with Crippen molar-refractivity contribution >= 4 is 89.5 Å². The molecule has 9 rings (SSSR count). The van der Waals surface area contributed by atoms with Gasteiger partial charge in [-0.25, -0.2) is 0 Å². The van der Waals surface area contributed by atoms with Gasteiger partial charge < -0.3 is 8.83 Å². The number of thioether (sulfide) groups is 2. The maximum absolute atomic E-state index is 13.3. The van der Waals surface area contributed by atoms with Crippen molar-refractivity contribution in [1.82, 2.24) is 0 Å². The van der Waals surface area contributed by atoms with Crippen LogP contribution >= 0.6 is 46.2 Å². The van der Waals surface area contributed by atoms with Crippen molar-refractivity contribution in [2.24, 2.45) is 0 Å². The number of hydrogen-bond donors (Lipinski definition) is 0. The Kier molecular flexibility index (Phi) is 6.25. The summed E-state index contributed by atoms with van der Waals surface area (Å²) in [6.07, 6.45) is 0. The van der Waals surface area contributed by atoms with Gasteiger partial charge in [0.25, 0.3) is 0 Å². The lowest BCUT2D eigenvalue weighted by atomic mass is 9.95. The van der Waals surface area contributed by atoms with Crippen molar-refractivity contribution in [2.75, 3.05) is 0 Å². The van der Waals surface area contributed by atoms with Crippen molar-refractivity contribution in [3.05, 3.63) is 105 Å². The minimum atomic E-state index is -0.0762. The lowest BCUT2D eigenvalue weighted by Crippen LogP contribution is -1.99. The molecule has 4 aromatic heterocycles. The van der Waals surface area contributed by atoms with Gasteiger partial charge in [-0.05, 0) is 111 Å². The SMILES string of the molecule is Cc1ccc2c(c1)SC(=O)/C2=C1/C(=O)Sc2cc(-c3ccc(-c4cc5c(C)c6oc(-c7ccc(C)s7)cc6c(C)c5o4)s3)ccc21. The summed E-state index contributed by atoms with van der Waals surface area (Å²) in [7, 11) is 0. The summed E-state index contributed by atoms with van der Waals surface area (Å²) >= 11 is 5.81. The Morgan fingerprint density at radius 2 is 1.09 bits per heavy atom. The molecule has 8 heteroatoms. The second-order valence-electron chi connectivity index (χ2n) is 11.8. The molecule has 0 atom stereocenters. The van der Waals surface area contributed by atoms with Crippen LogP contribution in [0.15, 0.2) is 91.4 Å². The minimum absolute atomic E-state index is 0.0634. The molecule has 0 radical (unpaired) electrons. The van der Waals surface area contributed by atoms with E-state index in [9.17, 15) is 9.59 Å². The van der Waals surface area contributed by atoms with E-state index in [1.165, 1.54) is 28.4 Å². The molecule has 2 aliphatic heterocycles. The fourth-order valence-corrected chi connectivity index (χ4v) is 10.3. The lowest BCUT2D eigenvalue weighted by molar-refractivity contribution is -0.107. The van der Waals surface area contributed by atoms with Gasteiger partial charge in [-0.2, -0.15) is 0 Å². The third kappa shape index (κ3) is 4.20. The number of thiophene rings is 2. The maximum Gasteiger partial charge on any atom is 0.225 e. The Hall–Kier alpha value is -4.08. The van der Waals surface area contributed by atoms with Crippen LogP contribution in [0.25, 0.3) is 64.8 Å². The molecule has 0 saturated heterocycles. The molecule has 46 heavy (non-hydrogen) atoms.